The first kappa shape index (κ1) is 14.9. The standard InChI is InChI=1S/C11H17N3O5/c1-6(3-9(16)17)4-12-11(19)14-5-8(15)13-10(18)7(14)2/h6-7H,3-5H2,1-2H3,(H,12,19)(H,16,17)(H,13,15,18). The molecule has 19 heavy (non-hydrogen) atoms. The number of carbonyl (C=O) groups excluding carboxylic acids is 3. The third-order valence-corrected chi connectivity index (χ3v) is 2.81. The van der Waals surface area contributed by atoms with Gasteiger partial charge in [0.25, 0.3) is 0 Å². The molecule has 2 unspecified atom stereocenters. The first-order valence-corrected chi connectivity index (χ1v) is 5.91. The largest absolute Gasteiger partial charge is 0.481 e. The summed E-state index contributed by atoms with van der Waals surface area (Å²) in [4.78, 5) is 46.0. The van der Waals surface area contributed by atoms with Gasteiger partial charge in [-0.05, 0) is 12.8 Å². The summed E-state index contributed by atoms with van der Waals surface area (Å²) >= 11 is 0. The van der Waals surface area contributed by atoms with Gasteiger partial charge in [-0.3, -0.25) is 19.7 Å². The summed E-state index contributed by atoms with van der Waals surface area (Å²) in [5.74, 6) is -2.23. The molecule has 4 amide bonds. The molecule has 1 saturated heterocycles. The smallest absolute Gasteiger partial charge is 0.318 e. The Labute approximate surface area is 110 Å². The van der Waals surface area contributed by atoms with Crippen LogP contribution in [0.15, 0.2) is 0 Å². The lowest BCUT2D eigenvalue weighted by atomic mass is 10.1. The molecule has 1 heterocycles. The van der Waals surface area contributed by atoms with Crippen LogP contribution >= 0.6 is 0 Å². The number of carbonyl (C=O) groups is 4. The van der Waals surface area contributed by atoms with Crippen molar-refractivity contribution >= 4 is 23.8 Å². The average Bonchev–Trinajstić information content (AvgIpc) is 2.29. The lowest BCUT2D eigenvalue weighted by molar-refractivity contribution is -0.138. The molecule has 8 nitrogen and oxygen atoms in total. The number of nitrogens with zero attached hydrogens (tertiary/aromatic N) is 1. The molecule has 0 aromatic heterocycles. The van der Waals surface area contributed by atoms with Gasteiger partial charge in [-0.25, -0.2) is 4.79 Å². The topological polar surface area (TPSA) is 116 Å². The Morgan fingerprint density at radius 3 is 2.74 bits per heavy atom. The van der Waals surface area contributed by atoms with Crippen LogP contribution in [0.4, 0.5) is 4.79 Å². The Morgan fingerprint density at radius 1 is 1.53 bits per heavy atom. The zero-order chi connectivity index (χ0) is 14.6. The van der Waals surface area contributed by atoms with E-state index in [0.717, 1.165) is 4.90 Å². The van der Waals surface area contributed by atoms with E-state index in [4.69, 9.17) is 5.11 Å². The quantitative estimate of drug-likeness (QED) is 0.576. The number of carboxylic acids is 1. The molecule has 0 saturated carbocycles. The fraction of sp³-hybridized carbons (Fsp3) is 0.636. The summed E-state index contributed by atoms with van der Waals surface area (Å²) in [6, 6.07) is -1.28. The Bertz CT molecular complexity index is 409. The van der Waals surface area contributed by atoms with E-state index in [2.05, 4.69) is 10.6 Å². The van der Waals surface area contributed by atoms with Crippen LogP contribution < -0.4 is 10.6 Å². The Hall–Kier alpha value is -2.12. The molecule has 3 N–H and O–H groups in total. The van der Waals surface area contributed by atoms with Crippen LogP contribution in [0.1, 0.15) is 20.3 Å². The van der Waals surface area contributed by atoms with Crippen LogP contribution in [-0.2, 0) is 14.4 Å². The zero-order valence-electron chi connectivity index (χ0n) is 10.8. The molecule has 0 aliphatic carbocycles. The number of nitrogens with one attached hydrogen (secondary N) is 2. The van der Waals surface area contributed by atoms with E-state index in [-0.39, 0.29) is 25.4 Å². The van der Waals surface area contributed by atoms with Gasteiger partial charge in [0, 0.05) is 13.0 Å². The minimum Gasteiger partial charge on any atom is -0.481 e. The van der Waals surface area contributed by atoms with Crippen molar-refractivity contribution in [3.8, 4) is 0 Å². The molecule has 8 heteroatoms. The van der Waals surface area contributed by atoms with Gasteiger partial charge in [0.2, 0.25) is 11.8 Å². The second-order valence-corrected chi connectivity index (χ2v) is 4.61. The first-order chi connectivity index (χ1) is 8.81. The highest BCUT2D eigenvalue weighted by atomic mass is 16.4. The summed E-state index contributed by atoms with van der Waals surface area (Å²) in [7, 11) is 0. The molecule has 2 atom stereocenters. The van der Waals surface area contributed by atoms with Gasteiger partial charge in [-0.1, -0.05) is 6.92 Å². The molecule has 0 aromatic rings. The highest BCUT2D eigenvalue weighted by molar-refractivity contribution is 6.03. The minimum atomic E-state index is -0.942. The van der Waals surface area contributed by atoms with Crippen LogP contribution in [0.25, 0.3) is 0 Å². The van der Waals surface area contributed by atoms with Gasteiger partial charge in [-0.2, -0.15) is 0 Å². The van der Waals surface area contributed by atoms with Crippen molar-refractivity contribution in [2.75, 3.05) is 13.1 Å². The number of aliphatic carboxylic acids is 1. The normalized spacial score (nSPS) is 20.7. The third kappa shape index (κ3) is 4.23. The lowest BCUT2D eigenvalue weighted by Crippen LogP contribution is -2.60. The van der Waals surface area contributed by atoms with Crippen LogP contribution in [0.3, 0.4) is 0 Å². The summed E-state index contributed by atoms with van der Waals surface area (Å²) in [6.07, 6.45) is -0.0603. The molecule has 106 valence electrons. The van der Waals surface area contributed by atoms with Crippen LogP contribution in [0, 0.1) is 5.92 Å². The van der Waals surface area contributed by atoms with Crippen molar-refractivity contribution in [3.63, 3.8) is 0 Å². The number of imide groups is 1. The van der Waals surface area contributed by atoms with E-state index in [1.165, 1.54) is 6.92 Å². The molecular formula is C11H17N3O5. The highest BCUT2D eigenvalue weighted by Crippen LogP contribution is 2.06. The molecule has 1 fully saturated rings. The van der Waals surface area contributed by atoms with Crippen molar-refractivity contribution in [1.29, 1.82) is 0 Å². The predicted molar refractivity (Wildman–Crippen MR) is 64.1 cm³/mol. The Balaban J connectivity index is 2.50. The van der Waals surface area contributed by atoms with Gasteiger partial charge in [-0.15, -0.1) is 0 Å². The maximum atomic E-state index is 11.8. The molecule has 1 aliphatic rings. The van der Waals surface area contributed by atoms with Crippen LogP contribution in [0.5, 0.6) is 0 Å². The van der Waals surface area contributed by atoms with Gasteiger partial charge < -0.3 is 15.3 Å². The number of hydrogen-bond donors (Lipinski definition) is 3. The molecular weight excluding hydrogens is 254 g/mol. The number of urea groups is 1. The maximum Gasteiger partial charge on any atom is 0.318 e. The third-order valence-electron chi connectivity index (χ3n) is 2.81. The number of carboxylic acid groups (broad SMARTS) is 1. The van der Waals surface area contributed by atoms with E-state index >= 15 is 0 Å². The summed E-state index contributed by atoms with van der Waals surface area (Å²) in [6.45, 7) is 3.18. The van der Waals surface area contributed by atoms with Gasteiger partial charge in [0.15, 0.2) is 0 Å². The number of hydrogen-bond acceptors (Lipinski definition) is 4. The second-order valence-electron chi connectivity index (χ2n) is 4.61. The highest BCUT2D eigenvalue weighted by Gasteiger charge is 2.33. The van der Waals surface area contributed by atoms with E-state index in [1.807, 2.05) is 0 Å². The van der Waals surface area contributed by atoms with E-state index in [1.54, 1.807) is 6.92 Å². The lowest BCUT2D eigenvalue weighted by Gasteiger charge is -2.31. The fourth-order valence-electron chi connectivity index (χ4n) is 1.70. The van der Waals surface area contributed by atoms with E-state index < -0.39 is 29.9 Å². The average molecular weight is 271 g/mol. The van der Waals surface area contributed by atoms with Gasteiger partial charge in [0.05, 0.1) is 0 Å². The molecule has 0 aromatic carbocycles. The molecule has 0 radical (unpaired) electrons. The predicted octanol–water partition coefficient (Wildman–Crippen LogP) is -0.846. The second kappa shape index (κ2) is 6.17. The number of amides is 4. The summed E-state index contributed by atoms with van der Waals surface area (Å²) < 4.78 is 0. The monoisotopic (exact) mass is 271 g/mol. The Morgan fingerprint density at radius 2 is 2.16 bits per heavy atom. The minimum absolute atomic E-state index is 0.0603. The van der Waals surface area contributed by atoms with Crippen molar-refractivity contribution in [1.82, 2.24) is 15.5 Å². The first-order valence-electron chi connectivity index (χ1n) is 5.91. The van der Waals surface area contributed by atoms with Crippen molar-refractivity contribution in [3.05, 3.63) is 0 Å². The Kier molecular flexibility index (Phi) is 4.85. The maximum absolute atomic E-state index is 11.8. The molecule has 1 aliphatic heterocycles. The SMILES string of the molecule is CC(CNC(=O)N1CC(=O)NC(=O)C1C)CC(=O)O. The molecule has 0 spiro atoms. The number of piperazine rings is 1. The zero-order valence-corrected chi connectivity index (χ0v) is 10.8. The van der Waals surface area contributed by atoms with Crippen molar-refractivity contribution < 1.29 is 24.3 Å². The van der Waals surface area contributed by atoms with Crippen molar-refractivity contribution in [2.45, 2.75) is 26.3 Å². The summed E-state index contributed by atoms with van der Waals surface area (Å²) in [5, 5.41) is 13.2. The molecule has 1 rings (SSSR count). The van der Waals surface area contributed by atoms with Gasteiger partial charge in [0.1, 0.15) is 12.6 Å². The van der Waals surface area contributed by atoms with E-state index in [0.29, 0.717) is 0 Å². The van der Waals surface area contributed by atoms with Crippen LogP contribution in [-0.4, -0.2) is 53.0 Å². The number of rotatable bonds is 4. The van der Waals surface area contributed by atoms with Crippen molar-refractivity contribution in [2.24, 2.45) is 5.92 Å². The van der Waals surface area contributed by atoms with Crippen LogP contribution in [0.2, 0.25) is 0 Å². The summed E-state index contributed by atoms with van der Waals surface area (Å²) in [5.41, 5.74) is 0. The fourth-order valence-corrected chi connectivity index (χ4v) is 1.70. The van der Waals surface area contributed by atoms with Gasteiger partial charge >= 0.3 is 12.0 Å². The van der Waals surface area contributed by atoms with E-state index in [9.17, 15) is 19.2 Å². The molecule has 0 bridgehead atoms.